The van der Waals surface area contributed by atoms with Gasteiger partial charge in [0.2, 0.25) is 11.8 Å². The minimum Gasteiger partial charge on any atom is -0.471 e. The molecule has 2 aromatic carbocycles. The van der Waals surface area contributed by atoms with Gasteiger partial charge in [-0.3, -0.25) is 9.62 Å². The smallest absolute Gasteiger partial charge is 0.410 e. The van der Waals surface area contributed by atoms with Gasteiger partial charge in [0.1, 0.15) is 18.0 Å². The van der Waals surface area contributed by atoms with Crippen LogP contribution in [-0.2, 0) is 14.9 Å². The van der Waals surface area contributed by atoms with Crippen LogP contribution in [0.1, 0.15) is 37.5 Å². The maximum Gasteiger partial charge on any atom is 0.410 e. The van der Waals surface area contributed by atoms with Gasteiger partial charge >= 0.3 is 6.09 Å². The standard InChI is InChI=1S/C30H38BrN5O4S/c1-20-9-7-10-21(2)27(20)25-16-26(34-28(33-25)35-41-24-12-8-11-22(15-24)17-31)39-23(18-32-6)19-36(13-14-37)29(38)40-30(3,4)5/h7-12,14-16,23,32H,13,17-19H2,1-6H3,(H,33,34,35). The Balaban J connectivity index is 1.94. The number of aldehydes is 1. The highest BCUT2D eigenvalue weighted by atomic mass is 79.9. The summed E-state index contributed by atoms with van der Waals surface area (Å²) in [6.45, 7) is 9.83. The van der Waals surface area contributed by atoms with Crippen molar-refractivity contribution in [2.24, 2.45) is 0 Å². The van der Waals surface area contributed by atoms with Gasteiger partial charge in [-0.05, 0) is 82.4 Å². The second-order valence-electron chi connectivity index (χ2n) is 10.5. The van der Waals surface area contributed by atoms with Crippen molar-refractivity contribution in [3.63, 3.8) is 0 Å². The van der Waals surface area contributed by atoms with Crippen molar-refractivity contribution in [1.82, 2.24) is 20.2 Å². The molecule has 0 radical (unpaired) electrons. The first-order chi connectivity index (χ1) is 19.5. The van der Waals surface area contributed by atoms with E-state index in [0.717, 1.165) is 32.5 Å². The quantitative estimate of drug-likeness (QED) is 0.128. The van der Waals surface area contributed by atoms with Gasteiger partial charge in [0.15, 0.2) is 0 Å². The highest BCUT2D eigenvalue weighted by Gasteiger charge is 2.26. The van der Waals surface area contributed by atoms with Gasteiger partial charge in [-0.15, -0.1) is 0 Å². The minimum absolute atomic E-state index is 0.118. The van der Waals surface area contributed by atoms with Crippen LogP contribution in [0.2, 0.25) is 0 Å². The number of amides is 1. The van der Waals surface area contributed by atoms with Crippen molar-refractivity contribution < 1.29 is 19.1 Å². The lowest BCUT2D eigenvalue weighted by atomic mass is 10.00. The first kappa shape index (κ1) is 32.4. The number of carbonyl (C=O) groups excluding carboxylic acids is 2. The predicted molar refractivity (Wildman–Crippen MR) is 168 cm³/mol. The number of aryl methyl sites for hydroxylation is 2. The molecular weight excluding hydrogens is 606 g/mol. The van der Waals surface area contributed by atoms with Gasteiger partial charge in [0.25, 0.3) is 0 Å². The lowest BCUT2D eigenvalue weighted by molar-refractivity contribution is -0.109. The molecule has 1 amide bonds. The number of ether oxygens (including phenoxy) is 2. The van der Waals surface area contributed by atoms with Gasteiger partial charge in [-0.2, -0.15) is 4.98 Å². The van der Waals surface area contributed by atoms with Crippen LogP contribution in [0, 0.1) is 13.8 Å². The summed E-state index contributed by atoms with van der Waals surface area (Å²) < 4.78 is 15.1. The summed E-state index contributed by atoms with van der Waals surface area (Å²) in [5.41, 5.74) is 4.32. The highest BCUT2D eigenvalue weighted by Crippen LogP contribution is 2.30. The average molecular weight is 645 g/mol. The van der Waals surface area contributed by atoms with Crippen LogP contribution >= 0.6 is 27.9 Å². The molecule has 3 aromatic rings. The fourth-order valence-electron chi connectivity index (χ4n) is 4.10. The molecule has 1 aromatic heterocycles. The third-order valence-electron chi connectivity index (χ3n) is 5.84. The Bertz CT molecular complexity index is 1310. The van der Waals surface area contributed by atoms with Gasteiger partial charge in [0.05, 0.1) is 18.8 Å². The zero-order valence-electron chi connectivity index (χ0n) is 24.4. The molecule has 3 rings (SSSR count). The van der Waals surface area contributed by atoms with Crippen LogP contribution in [0.5, 0.6) is 5.88 Å². The van der Waals surface area contributed by atoms with Crippen molar-refractivity contribution in [3.05, 3.63) is 65.2 Å². The van der Waals surface area contributed by atoms with Crippen molar-refractivity contribution in [1.29, 1.82) is 0 Å². The molecule has 2 N–H and O–H groups in total. The fraction of sp³-hybridized carbons (Fsp3) is 0.400. The molecule has 9 nitrogen and oxygen atoms in total. The first-order valence-electron chi connectivity index (χ1n) is 13.3. The van der Waals surface area contributed by atoms with E-state index in [9.17, 15) is 9.59 Å². The Morgan fingerprint density at radius 3 is 2.46 bits per heavy atom. The van der Waals surface area contributed by atoms with E-state index in [2.05, 4.69) is 43.1 Å². The summed E-state index contributed by atoms with van der Waals surface area (Å²) >= 11 is 4.91. The monoisotopic (exact) mass is 643 g/mol. The highest BCUT2D eigenvalue weighted by molar-refractivity contribution is 9.08. The van der Waals surface area contributed by atoms with Crippen LogP contribution < -0.4 is 14.8 Å². The molecule has 0 fully saturated rings. The number of likely N-dealkylation sites (N-methyl/N-ethyl adjacent to an activating group) is 1. The molecule has 41 heavy (non-hydrogen) atoms. The summed E-state index contributed by atoms with van der Waals surface area (Å²) in [6, 6.07) is 16.0. The maximum atomic E-state index is 12.8. The largest absolute Gasteiger partial charge is 0.471 e. The molecule has 1 unspecified atom stereocenters. The molecule has 11 heteroatoms. The van der Waals surface area contributed by atoms with E-state index in [1.807, 2.05) is 44.2 Å². The van der Waals surface area contributed by atoms with Crippen LogP contribution in [0.15, 0.2) is 53.4 Å². The van der Waals surface area contributed by atoms with E-state index in [4.69, 9.17) is 14.5 Å². The molecule has 0 saturated heterocycles. The average Bonchev–Trinajstić information content (AvgIpc) is 2.91. The zero-order chi connectivity index (χ0) is 30.0. The van der Waals surface area contributed by atoms with E-state index in [0.29, 0.717) is 30.4 Å². The van der Waals surface area contributed by atoms with Crippen molar-refractivity contribution >= 4 is 46.2 Å². The lowest BCUT2D eigenvalue weighted by Gasteiger charge is -2.29. The number of hydrogen-bond acceptors (Lipinski definition) is 9. The molecule has 0 aliphatic heterocycles. The molecule has 0 aliphatic carbocycles. The molecule has 220 valence electrons. The Morgan fingerprint density at radius 1 is 1.12 bits per heavy atom. The molecule has 1 heterocycles. The van der Waals surface area contributed by atoms with Crippen molar-refractivity contribution in [2.45, 2.75) is 56.5 Å². The Kier molecular flexibility index (Phi) is 12.0. The van der Waals surface area contributed by atoms with E-state index in [-0.39, 0.29) is 13.1 Å². The number of halogens is 1. The normalized spacial score (nSPS) is 12.0. The van der Waals surface area contributed by atoms with Crippen molar-refractivity contribution in [2.75, 3.05) is 31.4 Å². The molecular formula is C30H38BrN5O4S. The van der Waals surface area contributed by atoms with Gasteiger partial charge < -0.3 is 19.6 Å². The third-order valence-corrected chi connectivity index (χ3v) is 7.26. The summed E-state index contributed by atoms with van der Waals surface area (Å²) in [6.07, 6.45) is -0.435. The predicted octanol–water partition coefficient (Wildman–Crippen LogP) is 6.18. The zero-order valence-corrected chi connectivity index (χ0v) is 26.8. The van der Waals surface area contributed by atoms with Gasteiger partial charge in [0, 0.05) is 28.4 Å². The SMILES string of the molecule is CNCC(CN(CC=O)C(=O)OC(C)(C)C)Oc1cc(-c2c(C)cccc2C)nc(NSc2cccc(CBr)c2)n1. The number of aromatic nitrogens is 2. The number of hydrogen-bond donors (Lipinski definition) is 2. The second kappa shape index (κ2) is 15.2. The Hall–Kier alpha value is -3.15. The van der Waals surface area contributed by atoms with Crippen LogP contribution in [-0.4, -0.2) is 65.6 Å². The maximum absolute atomic E-state index is 12.8. The number of alkyl halides is 1. The van der Waals surface area contributed by atoms with Crippen molar-refractivity contribution in [3.8, 4) is 17.1 Å². The number of nitrogens with one attached hydrogen (secondary N) is 2. The number of rotatable bonds is 13. The van der Waals surface area contributed by atoms with E-state index >= 15 is 0 Å². The molecule has 0 aliphatic rings. The number of nitrogens with zero attached hydrogens (tertiary/aromatic N) is 3. The summed E-state index contributed by atoms with van der Waals surface area (Å²) in [5.74, 6) is 0.722. The molecule has 1 atom stereocenters. The number of benzene rings is 2. The minimum atomic E-state index is -0.698. The van der Waals surface area contributed by atoms with Gasteiger partial charge in [-0.25, -0.2) is 9.78 Å². The molecule has 0 saturated carbocycles. The van der Waals surface area contributed by atoms with E-state index in [1.54, 1.807) is 33.9 Å². The van der Waals surface area contributed by atoms with Crippen LogP contribution in [0.4, 0.5) is 10.7 Å². The van der Waals surface area contributed by atoms with E-state index < -0.39 is 17.8 Å². The second-order valence-corrected chi connectivity index (χ2v) is 12.0. The Labute approximate surface area is 255 Å². The topological polar surface area (TPSA) is 106 Å². The molecule has 0 bridgehead atoms. The Morgan fingerprint density at radius 2 is 1.83 bits per heavy atom. The van der Waals surface area contributed by atoms with E-state index in [1.165, 1.54) is 16.8 Å². The lowest BCUT2D eigenvalue weighted by Crippen LogP contribution is -2.46. The van der Waals surface area contributed by atoms with Crippen LogP contribution in [0.3, 0.4) is 0 Å². The number of anilines is 1. The summed E-state index contributed by atoms with van der Waals surface area (Å²) in [5, 5.41) is 3.86. The first-order valence-corrected chi connectivity index (χ1v) is 15.2. The third kappa shape index (κ3) is 10.0. The fourth-order valence-corrected chi connectivity index (χ4v) is 5.11. The van der Waals surface area contributed by atoms with Gasteiger partial charge in [-0.1, -0.05) is 46.3 Å². The van der Waals surface area contributed by atoms with Crippen LogP contribution in [0.25, 0.3) is 11.3 Å². The summed E-state index contributed by atoms with van der Waals surface area (Å²) in [7, 11) is 1.79. The summed E-state index contributed by atoms with van der Waals surface area (Å²) in [4.78, 5) is 36.0. The number of carbonyl (C=O) groups is 2. The molecule has 0 spiro atoms.